The van der Waals surface area contributed by atoms with Crippen molar-refractivity contribution in [1.82, 2.24) is 4.98 Å². The van der Waals surface area contributed by atoms with Gasteiger partial charge in [-0.15, -0.1) is 0 Å². The van der Waals surface area contributed by atoms with Crippen molar-refractivity contribution in [3.8, 4) is 6.07 Å². The van der Waals surface area contributed by atoms with Gasteiger partial charge >= 0.3 is 5.97 Å². The third-order valence-corrected chi connectivity index (χ3v) is 2.04. The Morgan fingerprint density at radius 1 is 1.71 bits per heavy atom. The van der Waals surface area contributed by atoms with Crippen LogP contribution in [0, 0.1) is 11.3 Å². The number of halogens is 2. The molecule has 0 atom stereocenters. The summed E-state index contributed by atoms with van der Waals surface area (Å²) in [5.41, 5.74) is 3.85. The number of hydrogen-bond donors (Lipinski definition) is 1. The van der Waals surface area contributed by atoms with Crippen molar-refractivity contribution in [1.29, 1.82) is 5.26 Å². The fraction of sp³-hybridized carbons (Fsp3) is 0.300. The van der Waals surface area contributed by atoms with Gasteiger partial charge in [0.25, 0.3) is 6.43 Å². The van der Waals surface area contributed by atoms with Crippen molar-refractivity contribution in [2.24, 2.45) is 5.73 Å². The van der Waals surface area contributed by atoms with Crippen LogP contribution < -0.4 is 5.73 Å². The normalized spacial score (nSPS) is 10.1. The number of esters is 1. The average molecular weight is 241 g/mol. The summed E-state index contributed by atoms with van der Waals surface area (Å²) in [6.45, 7) is -0.0673. The molecule has 0 aliphatic rings. The van der Waals surface area contributed by atoms with Crippen LogP contribution in [0.2, 0.25) is 0 Å². The van der Waals surface area contributed by atoms with E-state index < -0.39 is 23.7 Å². The molecule has 0 spiro atoms. The van der Waals surface area contributed by atoms with Crippen molar-refractivity contribution in [3.05, 3.63) is 28.6 Å². The first kappa shape index (κ1) is 13.0. The van der Waals surface area contributed by atoms with E-state index >= 15 is 0 Å². The molecule has 90 valence electrons. The molecule has 0 aromatic carbocycles. The summed E-state index contributed by atoms with van der Waals surface area (Å²) < 4.78 is 29.9. The minimum absolute atomic E-state index is 0.0673. The number of carbonyl (C=O) groups excluding carboxylic acids is 1. The Labute approximate surface area is 95.8 Å². The molecule has 0 saturated heterocycles. The van der Waals surface area contributed by atoms with Crippen molar-refractivity contribution in [3.63, 3.8) is 0 Å². The molecule has 0 fully saturated rings. The van der Waals surface area contributed by atoms with E-state index in [9.17, 15) is 13.6 Å². The van der Waals surface area contributed by atoms with Gasteiger partial charge in [0, 0.05) is 6.54 Å². The molecule has 1 rings (SSSR count). The number of alkyl halides is 2. The van der Waals surface area contributed by atoms with E-state index in [0.717, 1.165) is 13.2 Å². The van der Waals surface area contributed by atoms with Crippen LogP contribution in [0.4, 0.5) is 8.78 Å². The highest BCUT2D eigenvalue weighted by Crippen LogP contribution is 2.26. The highest BCUT2D eigenvalue weighted by molar-refractivity contribution is 5.89. The summed E-state index contributed by atoms with van der Waals surface area (Å²) in [5, 5.41) is 8.76. The molecule has 0 aliphatic heterocycles. The fourth-order valence-electron chi connectivity index (χ4n) is 1.28. The van der Waals surface area contributed by atoms with Gasteiger partial charge in [-0.25, -0.2) is 18.6 Å². The molecule has 1 aromatic heterocycles. The van der Waals surface area contributed by atoms with Crippen LogP contribution in [0.3, 0.4) is 0 Å². The van der Waals surface area contributed by atoms with Gasteiger partial charge in [-0.3, -0.25) is 0 Å². The number of nitrogens with two attached hydrogens (primary N) is 1. The Morgan fingerprint density at radius 2 is 2.35 bits per heavy atom. The molecule has 0 unspecified atom stereocenters. The number of pyridine rings is 1. The van der Waals surface area contributed by atoms with Crippen LogP contribution in [0.1, 0.15) is 33.7 Å². The topological polar surface area (TPSA) is 89.0 Å². The number of methoxy groups -OCH3 is 1. The molecule has 17 heavy (non-hydrogen) atoms. The zero-order valence-electron chi connectivity index (χ0n) is 8.91. The molecule has 0 radical (unpaired) electrons. The smallest absolute Gasteiger partial charge is 0.357 e. The Hall–Kier alpha value is -2.07. The lowest BCUT2D eigenvalue weighted by Gasteiger charge is -2.09. The zero-order chi connectivity index (χ0) is 13.0. The number of rotatable bonds is 3. The molecule has 0 saturated carbocycles. The Kier molecular flexibility index (Phi) is 4.06. The van der Waals surface area contributed by atoms with Gasteiger partial charge in [0.05, 0.1) is 30.0 Å². The zero-order valence-corrected chi connectivity index (χ0v) is 8.91. The van der Waals surface area contributed by atoms with Gasteiger partial charge in [-0.1, -0.05) is 0 Å². The first-order chi connectivity index (χ1) is 8.04. The predicted octanol–water partition coefficient (Wildman–Crippen LogP) is 1.14. The maximum absolute atomic E-state index is 12.8. The highest BCUT2D eigenvalue weighted by Gasteiger charge is 2.25. The number of nitrogens with zero attached hydrogens (tertiary/aromatic N) is 2. The van der Waals surface area contributed by atoms with E-state index in [1.807, 2.05) is 0 Å². The third kappa shape index (κ3) is 2.54. The van der Waals surface area contributed by atoms with Crippen molar-refractivity contribution in [2.75, 3.05) is 7.11 Å². The van der Waals surface area contributed by atoms with Gasteiger partial charge in [-0.05, 0) is 6.07 Å². The summed E-state index contributed by atoms with van der Waals surface area (Å²) in [6, 6.07) is 2.72. The Balaban J connectivity index is 3.53. The monoisotopic (exact) mass is 241 g/mol. The number of ether oxygens (including phenoxy) is 1. The van der Waals surface area contributed by atoms with Crippen molar-refractivity contribution < 1.29 is 18.3 Å². The van der Waals surface area contributed by atoms with E-state index in [4.69, 9.17) is 11.0 Å². The molecule has 2 N–H and O–H groups in total. The van der Waals surface area contributed by atoms with Gasteiger partial charge < -0.3 is 10.5 Å². The SMILES string of the molecule is COC(=O)c1nc(CN)cc(C#N)c1C(F)F. The van der Waals surface area contributed by atoms with E-state index in [1.54, 1.807) is 6.07 Å². The molecule has 7 heteroatoms. The van der Waals surface area contributed by atoms with Crippen LogP contribution in [-0.2, 0) is 11.3 Å². The van der Waals surface area contributed by atoms with Crippen LogP contribution in [0.5, 0.6) is 0 Å². The van der Waals surface area contributed by atoms with Gasteiger partial charge in [0.15, 0.2) is 5.69 Å². The van der Waals surface area contributed by atoms with Crippen molar-refractivity contribution in [2.45, 2.75) is 13.0 Å². The lowest BCUT2D eigenvalue weighted by Crippen LogP contribution is -2.14. The fourth-order valence-corrected chi connectivity index (χ4v) is 1.28. The van der Waals surface area contributed by atoms with Gasteiger partial charge in [0.2, 0.25) is 0 Å². The van der Waals surface area contributed by atoms with E-state index in [0.29, 0.717) is 0 Å². The van der Waals surface area contributed by atoms with E-state index in [2.05, 4.69) is 9.72 Å². The molecule has 1 heterocycles. The summed E-state index contributed by atoms with van der Waals surface area (Å²) in [6.07, 6.45) is -2.99. The lowest BCUT2D eigenvalue weighted by atomic mass is 10.1. The molecule has 0 amide bonds. The standard InChI is InChI=1S/C10H9F2N3O2/c1-17-10(16)8-7(9(11)12)5(3-13)2-6(4-14)15-8/h2,9H,4,14H2,1H3. The minimum Gasteiger partial charge on any atom is -0.464 e. The Bertz CT molecular complexity index is 483. The van der Waals surface area contributed by atoms with Gasteiger partial charge in [0.1, 0.15) is 0 Å². The lowest BCUT2D eigenvalue weighted by molar-refractivity contribution is 0.0581. The summed E-state index contributed by atoms with van der Waals surface area (Å²) >= 11 is 0. The minimum atomic E-state index is -2.99. The van der Waals surface area contributed by atoms with E-state index in [1.165, 1.54) is 0 Å². The van der Waals surface area contributed by atoms with Crippen molar-refractivity contribution >= 4 is 5.97 Å². The molecule has 0 aliphatic carbocycles. The number of carbonyl (C=O) groups is 1. The molecule has 1 aromatic rings. The summed E-state index contributed by atoms with van der Waals surface area (Å²) in [5.74, 6) is -1.02. The van der Waals surface area contributed by atoms with Crippen LogP contribution in [0.15, 0.2) is 6.07 Å². The van der Waals surface area contributed by atoms with Gasteiger partial charge in [-0.2, -0.15) is 5.26 Å². The molecule has 0 bridgehead atoms. The first-order valence-corrected chi connectivity index (χ1v) is 4.55. The third-order valence-electron chi connectivity index (χ3n) is 2.04. The number of aromatic nitrogens is 1. The molecular formula is C10H9F2N3O2. The second kappa shape index (κ2) is 5.32. The molecular weight excluding hydrogens is 232 g/mol. The summed E-state index contributed by atoms with van der Waals surface area (Å²) in [7, 11) is 1.04. The maximum atomic E-state index is 12.8. The predicted molar refractivity (Wildman–Crippen MR) is 53.1 cm³/mol. The second-order valence-electron chi connectivity index (χ2n) is 3.03. The number of nitriles is 1. The maximum Gasteiger partial charge on any atom is 0.357 e. The average Bonchev–Trinajstić information content (AvgIpc) is 2.35. The van der Waals surface area contributed by atoms with Crippen LogP contribution in [0.25, 0.3) is 0 Å². The quantitative estimate of drug-likeness (QED) is 0.801. The first-order valence-electron chi connectivity index (χ1n) is 4.55. The Morgan fingerprint density at radius 3 is 2.76 bits per heavy atom. The highest BCUT2D eigenvalue weighted by atomic mass is 19.3. The molecule has 5 nitrogen and oxygen atoms in total. The van der Waals surface area contributed by atoms with Crippen LogP contribution >= 0.6 is 0 Å². The number of hydrogen-bond acceptors (Lipinski definition) is 5. The van der Waals surface area contributed by atoms with Crippen LogP contribution in [-0.4, -0.2) is 18.1 Å². The largest absolute Gasteiger partial charge is 0.464 e. The second-order valence-corrected chi connectivity index (χ2v) is 3.03. The van der Waals surface area contributed by atoms with E-state index in [-0.39, 0.29) is 17.8 Å². The summed E-state index contributed by atoms with van der Waals surface area (Å²) in [4.78, 5) is 15.0.